The van der Waals surface area contributed by atoms with Crippen molar-refractivity contribution in [3.8, 4) is 11.5 Å². The van der Waals surface area contributed by atoms with E-state index in [1.807, 2.05) is 18.2 Å². The van der Waals surface area contributed by atoms with Crippen LogP contribution in [0.4, 0.5) is 15.6 Å². The quantitative estimate of drug-likeness (QED) is 0.427. The topological polar surface area (TPSA) is 102 Å². The number of halogens is 1. The van der Waals surface area contributed by atoms with Crippen LogP contribution in [0.3, 0.4) is 0 Å². The Bertz CT molecular complexity index is 1090. The standard InChI is InChI=1S/C22H23ClN4O4S/c1-30-18-7-6-14(10-19(18)31-2)8-9-24-20(28)12-17-13-32-22(26-17)27-21(29)25-16-5-3-4-15(23)11-16/h3-7,10-11,13H,8-9,12H2,1-2H3,(H,24,28)(H2,25,26,27,29). The molecule has 3 N–H and O–H groups in total. The number of hydrogen-bond acceptors (Lipinski definition) is 6. The summed E-state index contributed by atoms with van der Waals surface area (Å²) in [6.45, 7) is 0.478. The van der Waals surface area contributed by atoms with Crippen molar-refractivity contribution in [1.82, 2.24) is 10.3 Å². The van der Waals surface area contributed by atoms with Crippen molar-refractivity contribution in [2.24, 2.45) is 0 Å². The average Bonchev–Trinajstić information content (AvgIpc) is 3.19. The lowest BCUT2D eigenvalue weighted by molar-refractivity contribution is -0.120. The van der Waals surface area contributed by atoms with Gasteiger partial charge in [0.05, 0.1) is 26.3 Å². The molecule has 0 aliphatic rings. The third-order valence-electron chi connectivity index (χ3n) is 4.38. The summed E-state index contributed by atoms with van der Waals surface area (Å²) < 4.78 is 10.5. The average molecular weight is 475 g/mol. The predicted molar refractivity (Wildman–Crippen MR) is 126 cm³/mol. The molecule has 3 amide bonds. The SMILES string of the molecule is COc1ccc(CCNC(=O)Cc2csc(NC(=O)Nc3cccc(Cl)c3)n2)cc1OC. The van der Waals surface area contributed by atoms with Gasteiger partial charge >= 0.3 is 6.03 Å². The summed E-state index contributed by atoms with van der Waals surface area (Å²) in [4.78, 5) is 28.6. The fourth-order valence-electron chi connectivity index (χ4n) is 2.88. The van der Waals surface area contributed by atoms with Crippen LogP contribution < -0.4 is 25.4 Å². The molecule has 0 saturated heterocycles. The zero-order valence-corrected chi connectivity index (χ0v) is 19.2. The van der Waals surface area contributed by atoms with Crippen LogP contribution in [0.2, 0.25) is 5.02 Å². The molecule has 2 aromatic carbocycles. The maximum absolute atomic E-state index is 12.2. The van der Waals surface area contributed by atoms with Crippen LogP contribution in [0.15, 0.2) is 47.8 Å². The largest absolute Gasteiger partial charge is 0.493 e. The van der Waals surface area contributed by atoms with Crippen molar-refractivity contribution >= 4 is 45.7 Å². The predicted octanol–water partition coefficient (Wildman–Crippen LogP) is 4.36. The molecule has 0 bridgehead atoms. The molecule has 0 fully saturated rings. The molecule has 0 atom stereocenters. The van der Waals surface area contributed by atoms with Gasteiger partial charge in [-0.15, -0.1) is 11.3 Å². The lowest BCUT2D eigenvalue weighted by Crippen LogP contribution is -2.27. The molecule has 10 heteroatoms. The molecule has 3 rings (SSSR count). The number of anilines is 2. The van der Waals surface area contributed by atoms with Crippen molar-refractivity contribution in [3.63, 3.8) is 0 Å². The van der Waals surface area contributed by atoms with E-state index in [-0.39, 0.29) is 12.3 Å². The van der Waals surface area contributed by atoms with Crippen LogP contribution in [0.1, 0.15) is 11.3 Å². The summed E-state index contributed by atoms with van der Waals surface area (Å²) in [7, 11) is 3.17. The molecule has 3 aromatic rings. The molecule has 168 valence electrons. The number of benzene rings is 2. The highest BCUT2D eigenvalue weighted by atomic mass is 35.5. The molecule has 32 heavy (non-hydrogen) atoms. The first kappa shape index (κ1) is 23.4. The first-order valence-electron chi connectivity index (χ1n) is 9.72. The first-order chi connectivity index (χ1) is 15.5. The number of carbonyl (C=O) groups is 2. The monoisotopic (exact) mass is 474 g/mol. The number of urea groups is 1. The highest BCUT2D eigenvalue weighted by Gasteiger charge is 2.11. The highest BCUT2D eigenvalue weighted by molar-refractivity contribution is 7.14. The number of ether oxygens (including phenoxy) is 2. The third-order valence-corrected chi connectivity index (χ3v) is 5.42. The minimum atomic E-state index is -0.437. The third kappa shape index (κ3) is 6.86. The van der Waals surface area contributed by atoms with Crippen LogP contribution >= 0.6 is 22.9 Å². The minimum Gasteiger partial charge on any atom is -0.493 e. The van der Waals surface area contributed by atoms with E-state index in [0.29, 0.717) is 46.0 Å². The molecule has 1 heterocycles. The van der Waals surface area contributed by atoms with Gasteiger partial charge in [-0.3, -0.25) is 10.1 Å². The zero-order chi connectivity index (χ0) is 22.9. The molecule has 0 aliphatic carbocycles. The molecule has 0 unspecified atom stereocenters. The summed E-state index contributed by atoms with van der Waals surface area (Å²) in [5.41, 5.74) is 2.17. The molecule has 0 saturated carbocycles. The number of hydrogen-bond donors (Lipinski definition) is 3. The van der Waals surface area contributed by atoms with Crippen molar-refractivity contribution in [2.75, 3.05) is 31.4 Å². The number of thiazole rings is 1. The fraction of sp³-hybridized carbons (Fsp3) is 0.227. The molecule has 0 aliphatic heterocycles. The van der Waals surface area contributed by atoms with Crippen LogP contribution in [-0.4, -0.2) is 37.7 Å². The van der Waals surface area contributed by atoms with Crippen molar-refractivity contribution < 1.29 is 19.1 Å². The smallest absolute Gasteiger partial charge is 0.325 e. The van der Waals surface area contributed by atoms with Crippen LogP contribution in [0.25, 0.3) is 0 Å². The van der Waals surface area contributed by atoms with Gasteiger partial charge in [0.15, 0.2) is 16.6 Å². The Balaban J connectivity index is 1.43. The fourth-order valence-corrected chi connectivity index (χ4v) is 3.78. The minimum absolute atomic E-state index is 0.125. The van der Waals surface area contributed by atoms with Gasteiger partial charge in [-0.1, -0.05) is 23.7 Å². The Morgan fingerprint density at radius 3 is 2.62 bits per heavy atom. The molecule has 0 radical (unpaired) electrons. The van der Waals surface area contributed by atoms with Gasteiger partial charge in [-0.2, -0.15) is 0 Å². The summed E-state index contributed by atoms with van der Waals surface area (Å²) in [5.74, 6) is 1.17. The van der Waals surface area contributed by atoms with E-state index >= 15 is 0 Å². The second-order valence-corrected chi connectivity index (χ2v) is 7.99. The number of methoxy groups -OCH3 is 2. The van der Waals surface area contributed by atoms with E-state index < -0.39 is 6.03 Å². The van der Waals surface area contributed by atoms with Gasteiger partial charge in [0.1, 0.15) is 0 Å². The maximum Gasteiger partial charge on any atom is 0.325 e. The number of aromatic nitrogens is 1. The Morgan fingerprint density at radius 1 is 1.06 bits per heavy atom. The zero-order valence-electron chi connectivity index (χ0n) is 17.6. The van der Waals surface area contributed by atoms with E-state index in [0.717, 1.165) is 5.56 Å². The van der Waals surface area contributed by atoms with Gasteiger partial charge in [0, 0.05) is 22.6 Å². The van der Waals surface area contributed by atoms with E-state index in [1.165, 1.54) is 11.3 Å². The van der Waals surface area contributed by atoms with Crippen LogP contribution in [-0.2, 0) is 17.6 Å². The lowest BCUT2D eigenvalue weighted by atomic mass is 10.1. The maximum atomic E-state index is 12.2. The Hall–Kier alpha value is -3.30. The van der Waals surface area contributed by atoms with E-state index in [9.17, 15) is 9.59 Å². The van der Waals surface area contributed by atoms with Crippen molar-refractivity contribution in [1.29, 1.82) is 0 Å². The Morgan fingerprint density at radius 2 is 1.88 bits per heavy atom. The molecular weight excluding hydrogens is 452 g/mol. The normalized spacial score (nSPS) is 10.3. The second-order valence-electron chi connectivity index (χ2n) is 6.70. The number of carbonyl (C=O) groups excluding carboxylic acids is 2. The Labute approximate surface area is 194 Å². The number of amides is 3. The molecule has 8 nitrogen and oxygen atoms in total. The van der Waals surface area contributed by atoms with Crippen LogP contribution in [0, 0.1) is 0 Å². The molecule has 0 spiro atoms. The van der Waals surface area contributed by atoms with Gasteiger partial charge in [-0.05, 0) is 42.3 Å². The van der Waals surface area contributed by atoms with E-state index in [4.69, 9.17) is 21.1 Å². The second kappa shape index (κ2) is 11.4. The molecule has 1 aromatic heterocycles. The van der Waals surface area contributed by atoms with Crippen LogP contribution in [0.5, 0.6) is 11.5 Å². The van der Waals surface area contributed by atoms with E-state index in [1.54, 1.807) is 43.9 Å². The highest BCUT2D eigenvalue weighted by Crippen LogP contribution is 2.27. The van der Waals surface area contributed by atoms with Gasteiger partial charge < -0.3 is 20.1 Å². The number of nitrogens with one attached hydrogen (secondary N) is 3. The first-order valence-corrected chi connectivity index (χ1v) is 11.0. The summed E-state index contributed by atoms with van der Waals surface area (Å²) in [6.07, 6.45) is 0.777. The summed E-state index contributed by atoms with van der Waals surface area (Å²) in [5, 5.41) is 10.9. The van der Waals surface area contributed by atoms with Crippen molar-refractivity contribution in [2.45, 2.75) is 12.8 Å². The number of rotatable bonds is 9. The van der Waals surface area contributed by atoms with Crippen molar-refractivity contribution in [3.05, 3.63) is 64.1 Å². The van der Waals surface area contributed by atoms with Gasteiger partial charge in [0.2, 0.25) is 5.91 Å². The molecular formula is C22H23ClN4O4S. The summed E-state index contributed by atoms with van der Waals surface area (Å²) >= 11 is 7.15. The lowest BCUT2D eigenvalue weighted by Gasteiger charge is -2.10. The van der Waals surface area contributed by atoms with E-state index in [2.05, 4.69) is 20.9 Å². The van der Waals surface area contributed by atoms with Gasteiger partial charge in [-0.25, -0.2) is 9.78 Å². The van der Waals surface area contributed by atoms with Gasteiger partial charge in [0.25, 0.3) is 0 Å². The number of nitrogens with zero attached hydrogens (tertiary/aromatic N) is 1. The Kier molecular flexibility index (Phi) is 8.29. The summed E-state index contributed by atoms with van der Waals surface area (Å²) in [6, 6.07) is 12.0.